The first-order valence-corrected chi connectivity index (χ1v) is 9.58. The second-order valence-electron chi connectivity index (χ2n) is 6.62. The zero-order valence-electron chi connectivity index (χ0n) is 16.6. The Hall–Kier alpha value is -3.64. The van der Waals surface area contributed by atoms with E-state index in [1.54, 1.807) is 48.5 Å². The molecule has 0 aromatic heterocycles. The Balaban J connectivity index is 1.57. The van der Waals surface area contributed by atoms with Gasteiger partial charge < -0.3 is 19.9 Å². The van der Waals surface area contributed by atoms with Crippen molar-refractivity contribution in [1.29, 1.82) is 0 Å². The zero-order chi connectivity index (χ0) is 21.3. The summed E-state index contributed by atoms with van der Waals surface area (Å²) < 4.78 is 10.6. The molecule has 1 atom stereocenters. The third-order valence-corrected chi connectivity index (χ3v) is 4.42. The molecule has 0 saturated heterocycles. The van der Waals surface area contributed by atoms with Gasteiger partial charge in [0.1, 0.15) is 18.1 Å². The van der Waals surface area contributed by atoms with Crippen molar-refractivity contribution in [3.05, 3.63) is 95.6 Å². The molecular formula is C24H23NO5. The zero-order valence-corrected chi connectivity index (χ0v) is 16.6. The van der Waals surface area contributed by atoms with E-state index >= 15 is 0 Å². The number of aliphatic hydroxyl groups is 1. The molecule has 0 radical (unpaired) electrons. The van der Waals surface area contributed by atoms with Crippen LogP contribution in [0.1, 0.15) is 39.2 Å². The average Bonchev–Trinajstić information content (AvgIpc) is 2.79. The maximum absolute atomic E-state index is 12.4. The summed E-state index contributed by atoms with van der Waals surface area (Å²) in [7, 11) is 0. The molecule has 0 saturated carbocycles. The molecule has 154 valence electrons. The molecule has 0 fully saturated rings. The van der Waals surface area contributed by atoms with Gasteiger partial charge in [-0.3, -0.25) is 4.79 Å². The molecule has 30 heavy (non-hydrogen) atoms. The van der Waals surface area contributed by atoms with Crippen molar-refractivity contribution in [3.63, 3.8) is 0 Å². The van der Waals surface area contributed by atoms with Crippen LogP contribution < -0.4 is 14.8 Å². The summed E-state index contributed by atoms with van der Waals surface area (Å²) in [6.45, 7) is 2.03. The fourth-order valence-electron chi connectivity index (χ4n) is 2.80. The van der Waals surface area contributed by atoms with Gasteiger partial charge in [0, 0.05) is 5.56 Å². The molecule has 3 aromatic carbocycles. The third-order valence-electron chi connectivity index (χ3n) is 4.42. The first-order valence-electron chi connectivity index (χ1n) is 9.58. The van der Waals surface area contributed by atoms with Crippen molar-refractivity contribution in [2.75, 3.05) is 13.2 Å². The van der Waals surface area contributed by atoms with Gasteiger partial charge in [0.2, 0.25) is 0 Å². The van der Waals surface area contributed by atoms with Gasteiger partial charge in [-0.1, -0.05) is 30.3 Å². The lowest BCUT2D eigenvalue weighted by Gasteiger charge is -2.14. The van der Waals surface area contributed by atoms with Crippen LogP contribution in [0.2, 0.25) is 0 Å². The number of carbonyl (C=O) groups is 2. The van der Waals surface area contributed by atoms with E-state index in [1.165, 1.54) is 0 Å². The van der Waals surface area contributed by atoms with Crippen LogP contribution in [0, 0.1) is 0 Å². The highest BCUT2D eigenvalue weighted by molar-refractivity contribution is 5.95. The second kappa shape index (κ2) is 10.2. The van der Waals surface area contributed by atoms with E-state index in [1.807, 2.05) is 37.3 Å². The van der Waals surface area contributed by atoms with Gasteiger partial charge in [0.25, 0.3) is 5.91 Å². The van der Waals surface area contributed by atoms with Gasteiger partial charge in [-0.2, -0.15) is 0 Å². The van der Waals surface area contributed by atoms with Gasteiger partial charge in [-0.15, -0.1) is 0 Å². The number of nitrogens with one attached hydrogen (secondary N) is 1. The summed E-state index contributed by atoms with van der Waals surface area (Å²) in [5, 5.41) is 11.7. The highest BCUT2D eigenvalue weighted by atomic mass is 16.5. The largest absolute Gasteiger partial charge is 0.491 e. The lowest BCUT2D eigenvalue weighted by molar-refractivity contribution is 0.0734. The smallest absolute Gasteiger partial charge is 0.343 e. The predicted octanol–water partition coefficient (Wildman–Crippen LogP) is 3.77. The lowest BCUT2D eigenvalue weighted by Crippen LogP contribution is -2.26. The fraction of sp³-hybridized carbons (Fsp3) is 0.167. The topological polar surface area (TPSA) is 84.9 Å². The molecular weight excluding hydrogens is 382 g/mol. The highest BCUT2D eigenvalue weighted by Gasteiger charge is 2.13. The molecule has 0 aliphatic heterocycles. The Bertz CT molecular complexity index is 969. The normalized spacial score (nSPS) is 11.4. The van der Waals surface area contributed by atoms with E-state index in [-0.39, 0.29) is 25.2 Å². The van der Waals surface area contributed by atoms with Crippen molar-refractivity contribution in [1.82, 2.24) is 5.32 Å². The van der Waals surface area contributed by atoms with Crippen LogP contribution >= 0.6 is 0 Å². The van der Waals surface area contributed by atoms with Crippen molar-refractivity contribution in [2.24, 2.45) is 0 Å². The van der Waals surface area contributed by atoms with Crippen molar-refractivity contribution >= 4 is 11.9 Å². The summed E-state index contributed by atoms with van der Waals surface area (Å²) in [6, 6.07) is 22.4. The van der Waals surface area contributed by atoms with Crippen LogP contribution in [0.5, 0.6) is 11.5 Å². The summed E-state index contributed by atoms with van der Waals surface area (Å²) in [4.78, 5) is 24.7. The SMILES string of the molecule is C[C@H](NC(=O)c1ccc(OC(=O)c2ccc(OCCO)cc2)cc1)c1ccccc1. The van der Waals surface area contributed by atoms with Gasteiger partial charge in [0.05, 0.1) is 18.2 Å². The number of aliphatic hydroxyl groups excluding tert-OH is 1. The van der Waals surface area contributed by atoms with Crippen molar-refractivity contribution < 1.29 is 24.2 Å². The summed E-state index contributed by atoms with van der Waals surface area (Å²) in [5.41, 5.74) is 1.86. The standard InChI is InChI=1S/C24H23NO5/c1-17(18-5-3-2-4-6-18)25-23(27)19-7-13-22(14-8-19)30-24(28)20-9-11-21(12-10-20)29-16-15-26/h2-14,17,26H,15-16H2,1H3,(H,25,27)/t17-/m0/s1. The number of carbonyl (C=O) groups excluding carboxylic acids is 2. The molecule has 1 amide bonds. The molecule has 0 aliphatic carbocycles. The van der Waals surface area contributed by atoms with Crippen LogP contribution in [0.4, 0.5) is 0 Å². The minimum atomic E-state index is -0.515. The Labute approximate surface area is 175 Å². The Morgan fingerprint density at radius 3 is 2.10 bits per heavy atom. The molecule has 0 bridgehead atoms. The third kappa shape index (κ3) is 5.68. The maximum atomic E-state index is 12.4. The molecule has 2 N–H and O–H groups in total. The summed E-state index contributed by atoms with van der Waals surface area (Å²) in [5.74, 6) is 0.176. The van der Waals surface area contributed by atoms with Gasteiger partial charge >= 0.3 is 5.97 Å². The van der Waals surface area contributed by atoms with E-state index in [2.05, 4.69) is 5.32 Å². The average molecular weight is 405 g/mol. The van der Waals surface area contributed by atoms with E-state index in [0.29, 0.717) is 22.6 Å². The monoisotopic (exact) mass is 405 g/mol. The van der Waals surface area contributed by atoms with E-state index in [0.717, 1.165) is 5.56 Å². The number of amides is 1. The molecule has 0 spiro atoms. The first kappa shape index (κ1) is 21.1. The Morgan fingerprint density at radius 2 is 1.47 bits per heavy atom. The van der Waals surface area contributed by atoms with Gasteiger partial charge in [-0.25, -0.2) is 4.79 Å². The van der Waals surface area contributed by atoms with Gasteiger partial charge in [-0.05, 0) is 61.0 Å². The number of rotatable bonds is 8. The molecule has 3 aromatic rings. The number of ether oxygens (including phenoxy) is 2. The quantitative estimate of drug-likeness (QED) is 0.440. The molecule has 6 nitrogen and oxygen atoms in total. The predicted molar refractivity (Wildman–Crippen MR) is 113 cm³/mol. The molecule has 6 heteroatoms. The fourth-order valence-corrected chi connectivity index (χ4v) is 2.80. The highest BCUT2D eigenvalue weighted by Crippen LogP contribution is 2.18. The molecule has 0 heterocycles. The summed E-state index contributed by atoms with van der Waals surface area (Å²) >= 11 is 0. The number of hydrogen-bond acceptors (Lipinski definition) is 5. The van der Waals surface area contributed by atoms with E-state index < -0.39 is 5.97 Å². The lowest BCUT2D eigenvalue weighted by atomic mass is 10.1. The van der Waals surface area contributed by atoms with Crippen LogP contribution in [0.25, 0.3) is 0 Å². The number of hydrogen-bond donors (Lipinski definition) is 2. The van der Waals surface area contributed by atoms with Crippen LogP contribution in [0.3, 0.4) is 0 Å². The van der Waals surface area contributed by atoms with Gasteiger partial charge in [0.15, 0.2) is 0 Å². The second-order valence-corrected chi connectivity index (χ2v) is 6.62. The van der Waals surface area contributed by atoms with E-state index in [9.17, 15) is 9.59 Å². The van der Waals surface area contributed by atoms with Crippen LogP contribution in [0.15, 0.2) is 78.9 Å². The van der Waals surface area contributed by atoms with Crippen molar-refractivity contribution in [2.45, 2.75) is 13.0 Å². The van der Waals surface area contributed by atoms with Crippen LogP contribution in [-0.2, 0) is 0 Å². The molecule has 3 rings (SSSR count). The molecule has 0 aliphatic rings. The Morgan fingerprint density at radius 1 is 0.867 bits per heavy atom. The van der Waals surface area contributed by atoms with E-state index in [4.69, 9.17) is 14.6 Å². The number of benzene rings is 3. The minimum absolute atomic E-state index is 0.0804. The van der Waals surface area contributed by atoms with Crippen LogP contribution in [-0.4, -0.2) is 30.2 Å². The molecule has 0 unspecified atom stereocenters. The first-order chi connectivity index (χ1) is 14.6. The minimum Gasteiger partial charge on any atom is -0.491 e. The Kier molecular flexibility index (Phi) is 7.19. The summed E-state index contributed by atoms with van der Waals surface area (Å²) in [6.07, 6.45) is 0. The number of esters is 1. The maximum Gasteiger partial charge on any atom is 0.343 e. The van der Waals surface area contributed by atoms with Crippen molar-refractivity contribution in [3.8, 4) is 11.5 Å².